The molecule has 0 aliphatic heterocycles. The summed E-state index contributed by atoms with van der Waals surface area (Å²) in [5.41, 5.74) is 0. The maximum atomic E-state index is 12.8. The van der Waals surface area contributed by atoms with Gasteiger partial charge in [0.25, 0.3) is 7.82 Å². The first-order valence-corrected chi connectivity index (χ1v) is 28.0. The van der Waals surface area contributed by atoms with Crippen molar-refractivity contribution >= 4 is 13.7 Å². The molecule has 0 rings (SSSR count). The van der Waals surface area contributed by atoms with Crippen molar-refractivity contribution in [2.45, 2.75) is 276 Å². The Kier molecular flexibility index (Phi) is 43.9. The third-order valence-electron chi connectivity index (χ3n) is 12.2. The van der Waals surface area contributed by atoms with E-state index in [9.17, 15) is 19.4 Å². The standard InChI is InChI=1S/C52H105N2O6P/c1-6-8-10-12-14-16-17-18-19-20-21-22-23-24-25-26-27-28-29-30-31-32-33-34-35-36-37-38-40-42-44-46-52(56)53-50(49-60-61(57,58)59-48-47-54(3,4)5)51(55)45-43-41-39-15-13-11-9-7-2/h43,45,50-51,55H,6-42,44,46-49H2,1-5H3,(H-,53,56,57,58)/b45-43+. The van der Waals surface area contributed by atoms with Gasteiger partial charge >= 0.3 is 0 Å². The van der Waals surface area contributed by atoms with Gasteiger partial charge in [0.1, 0.15) is 13.2 Å². The summed E-state index contributed by atoms with van der Waals surface area (Å²) in [5.74, 6) is -0.195. The molecule has 2 N–H and O–H groups in total. The van der Waals surface area contributed by atoms with Crippen LogP contribution in [0.5, 0.6) is 0 Å². The lowest BCUT2D eigenvalue weighted by Crippen LogP contribution is -2.45. The Balaban J connectivity index is 3.88. The summed E-state index contributed by atoms with van der Waals surface area (Å²) >= 11 is 0. The molecule has 0 spiro atoms. The Morgan fingerprint density at radius 3 is 1.23 bits per heavy atom. The molecule has 364 valence electrons. The molecule has 0 aromatic heterocycles. The number of phosphoric acid groups is 1. The number of aliphatic hydroxyl groups is 1. The van der Waals surface area contributed by atoms with Crippen LogP contribution in [0.25, 0.3) is 0 Å². The second-order valence-corrected chi connectivity index (χ2v) is 21.0. The van der Waals surface area contributed by atoms with Crippen molar-refractivity contribution in [3.8, 4) is 0 Å². The quantitative estimate of drug-likeness (QED) is 0.0273. The van der Waals surface area contributed by atoms with E-state index < -0.39 is 20.0 Å². The molecule has 1 amide bonds. The first-order valence-electron chi connectivity index (χ1n) is 26.6. The second-order valence-electron chi connectivity index (χ2n) is 19.6. The average Bonchev–Trinajstić information content (AvgIpc) is 3.21. The van der Waals surface area contributed by atoms with Crippen LogP contribution in [0.4, 0.5) is 0 Å². The number of carbonyl (C=O) groups is 1. The summed E-state index contributed by atoms with van der Waals surface area (Å²) in [6, 6.07) is -0.879. The van der Waals surface area contributed by atoms with Gasteiger partial charge in [0.15, 0.2) is 0 Å². The monoisotopic (exact) mass is 885 g/mol. The lowest BCUT2D eigenvalue weighted by molar-refractivity contribution is -0.870. The summed E-state index contributed by atoms with van der Waals surface area (Å²) < 4.78 is 23.2. The minimum absolute atomic E-state index is 0.00170. The molecule has 9 heteroatoms. The predicted octanol–water partition coefficient (Wildman–Crippen LogP) is 14.8. The van der Waals surface area contributed by atoms with E-state index in [0.717, 1.165) is 38.5 Å². The topological polar surface area (TPSA) is 108 Å². The van der Waals surface area contributed by atoms with Crippen LogP contribution in [0.3, 0.4) is 0 Å². The van der Waals surface area contributed by atoms with E-state index in [0.29, 0.717) is 17.4 Å². The highest BCUT2D eigenvalue weighted by Crippen LogP contribution is 2.38. The van der Waals surface area contributed by atoms with E-state index >= 15 is 0 Å². The Morgan fingerprint density at radius 1 is 0.557 bits per heavy atom. The minimum atomic E-state index is -4.58. The Hall–Kier alpha value is -0.760. The molecule has 3 unspecified atom stereocenters. The van der Waals surface area contributed by atoms with E-state index in [1.165, 1.54) is 205 Å². The van der Waals surface area contributed by atoms with Crippen molar-refractivity contribution in [1.82, 2.24) is 5.32 Å². The lowest BCUT2D eigenvalue weighted by atomic mass is 10.0. The van der Waals surface area contributed by atoms with Crippen molar-refractivity contribution in [2.24, 2.45) is 0 Å². The number of aliphatic hydroxyl groups excluding tert-OH is 1. The lowest BCUT2D eigenvalue weighted by Gasteiger charge is -2.29. The largest absolute Gasteiger partial charge is 0.756 e. The molecule has 3 atom stereocenters. The Morgan fingerprint density at radius 2 is 0.885 bits per heavy atom. The fraction of sp³-hybridized carbons (Fsp3) is 0.942. The molecule has 61 heavy (non-hydrogen) atoms. The van der Waals surface area contributed by atoms with Crippen LogP contribution in [0.15, 0.2) is 12.2 Å². The molecule has 8 nitrogen and oxygen atoms in total. The Labute approximate surface area is 380 Å². The smallest absolute Gasteiger partial charge is 0.268 e. The molecule has 0 aliphatic rings. The van der Waals surface area contributed by atoms with Gasteiger partial charge in [0.05, 0.1) is 39.9 Å². The maximum Gasteiger partial charge on any atom is 0.268 e. The fourth-order valence-electron chi connectivity index (χ4n) is 8.04. The van der Waals surface area contributed by atoms with Gasteiger partial charge in [0.2, 0.25) is 5.91 Å². The third-order valence-corrected chi connectivity index (χ3v) is 13.2. The van der Waals surface area contributed by atoms with Gasteiger partial charge in [-0.3, -0.25) is 9.36 Å². The van der Waals surface area contributed by atoms with Crippen molar-refractivity contribution in [2.75, 3.05) is 40.9 Å². The van der Waals surface area contributed by atoms with Crippen LogP contribution in [0.2, 0.25) is 0 Å². The number of nitrogens with zero attached hydrogens (tertiary/aromatic N) is 1. The number of likely N-dealkylation sites (N-methyl/N-ethyl adjacent to an activating group) is 1. The van der Waals surface area contributed by atoms with Gasteiger partial charge < -0.3 is 28.8 Å². The highest BCUT2D eigenvalue weighted by molar-refractivity contribution is 7.45. The number of carbonyl (C=O) groups excluding carboxylic acids is 1. The number of phosphoric ester groups is 1. The third kappa shape index (κ3) is 47.0. The normalized spacial score (nSPS) is 14.1. The van der Waals surface area contributed by atoms with Crippen molar-refractivity contribution < 1.29 is 32.9 Å². The number of rotatable bonds is 49. The SMILES string of the molecule is CCCCCCCC/C=C/C(O)C(COP(=O)([O-])OCC[N+](C)(C)C)NC(=O)CCCCCCCCCCCCCCCCCCCCCCCCCCCCCCCCC. The van der Waals surface area contributed by atoms with E-state index in [1.807, 2.05) is 27.2 Å². The van der Waals surface area contributed by atoms with Crippen molar-refractivity contribution in [3.05, 3.63) is 12.2 Å². The maximum absolute atomic E-state index is 12.8. The van der Waals surface area contributed by atoms with Crippen molar-refractivity contribution in [3.63, 3.8) is 0 Å². The zero-order chi connectivity index (χ0) is 45.0. The average molecular weight is 885 g/mol. The van der Waals surface area contributed by atoms with Gasteiger partial charge in [-0.15, -0.1) is 0 Å². The predicted molar refractivity (Wildman–Crippen MR) is 261 cm³/mol. The van der Waals surface area contributed by atoms with E-state index in [2.05, 4.69) is 19.2 Å². The summed E-state index contributed by atoms with van der Waals surface area (Å²) in [5, 5.41) is 13.7. The highest BCUT2D eigenvalue weighted by atomic mass is 31.2. The molecule has 0 radical (unpaired) electrons. The van der Waals surface area contributed by atoms with Crippen LogP contribution in [-0.4, -0.2) is 68.5 Å². The number of quaternary nitrogens is 1. The van der Waals surface area contributed by atoms with Gasteiger partial charge in [-0.1, -0.05) is 251 Å². The number of hydrogen-bond acceptors (Lipinski definition) is 6. The summed E-state index contributed by atoms with van der Waals surface area (Å²) in [4.78, 5) is 25.3. The molecule has 0 aromatic carbocycles. The van der Waals surface area contributed by atoms with E-state index in [4.69, 9.17) is 9.05 Å². The van der Waals surface area contributed by atoms with Gasteiger partial charge in [-0.25, -0.2) is 0 Å². The van der Waals surface area contributed by atoms with Crippen LogP contribution in [0, 0.1) is 0 Å². The van der Waals surface area contributed by atoms with Gasteiger partial charge in [0, 0.05) is 6.42 Å². The molecule has 0 aliphatic carbocycles. The molecule has 0 fully saturated rings. The molecule has 0 aromatic rings. The number of hydrogen-bond donors (Lipinski definition) is 2. The molecule has 0 bridgehead atoms. The fourth-order valence-corrected chi connectivity index (χ4v) is 8.76. The van der Waals surface area contributed by atoms with Gasteiger partial charge in [-0.05, 0) is 19.3 Å². The minimum Gasteiger partial charge on any atom is -0.756 e. The van der Waals surface area contributed by atoms with Crippen LogP contribution in [-0.2, 0) is 18.4 Å². The number of unbranched alkanes of at least 4 members (excludes halogenated alkanes) is 36. The number of allylic oxidation sites excluding steroid dienone is 1. The molecular formula is C52H105N2O6P. The van der Waals surface area contributed by atoms with Crippen molar-refractivity contribution in [1.29, 1.82) is 0 Å². The highest BCUT2D eigenvalue weighted by Gasteiger charge is 2.23. The second kappa shape index (κ2) is 44.4. The Bertz CT molecular complexity index is 1000. The number of nitrogens with one attached hydrogen (secondary N) is 1. The first kappa shape index (κ1) is 60.2. The zero-order valence-electron chi connectivity index (χ0n) is 41.4. The number of amides is 1. The van der Waals surface area contributed by atoms with E-state index in [1.54, 1.807) is 6.08 Å². The first-order chi connectivity index (χ1) is 29.5. The summed E-state index contributed by atoms with van der Waals surface area (Å²) in [7, 11) is 1.27. The van der Waals surface area contributed by atoms with Crippen LogP contribution < -0.4 is 10.2 Å². The molecule has 0 saturated carbocycles. The molecule has 0 heterocycles. The van der Waals surface area contributed by atoms with Crippen LogP contribution >= 0.6 is 7.82 Å². The molecular weight excluding hydrogens is 780 g/mol. The zero-order valence-corrected chi connectivity index (χ0v) is 42.3. The van der Waals surface area contributed by atoms with Gasteiger partial charge in [-0.2, -0.15) is 0 Å². The molecule has 0 saturated heterocycles. The van der Waals surface area contributed by atoms with Crippen LogP contribution in [0.1, 0.15) is 264 Å². The summed E-state index contributed by atoms with van der Waals surface area (Å²) in [6.07, 6.45) is 53.2. The summed E-state index contributed by atoms with van der Waals surface area (Å²) in [6.45, 7) is 4.63. The van der Waals surface area contributed by atoms with E-state index in [-0.39, 0.29) is 19.1 Å².